The number of amides is 1. The molecular formula is C18H16FN3O2S. The zero-order valence-electron chi connectivity index (χ0n) is 13.5. The molecule has 3 aromatic rings. The number of rotatable bonds is 6. The Balaban J connectivity index is 1.50. The van der Waals surface area contributed by atoms with Crippen LogP contribution in [0.25, 0.3) is 11.5 Å². The number of halogens is 1. The number of benzene rings is 2. The summed E-state index contributed by atoms with van der Waals surface area (Å²) in [5.74, 6) is 0.438. The number of nitrogens with one attached hydrogen (secondary N) is 1. The first-order valence-corrected chi connectivity index (χ1v) is 8.67. The van der Waals surface area contributed by atoms with E-state index >= 15 is 0 Å². The Labute approximate surface area is 148 Å². The van der Waals surface area contributed by atoms with Crippen LogP contribution in [0.2, 0.25) is 0 Å². The number of hydrogen-bond donors (Lipinski definition) is 1. The van der Waals surface area contributed by atoms with Crippen molar-refractivity contribution in [3.05, 3.63) is 59.9 Å². The minimum atomic E-state index is -0.275. The first-order valence-electron chi connectivity index (χ1n) is 7.69. The zero-order valence-corrected chi connectivity index (χ0v) is 14.3. The predicted molar refractivity (Wildman–Crippen MR) is 94.8 cm³/mol. The van der Waals surface area contributed by atoms with Crippen LogP contribution in [0.15, 0.2) is 57.8 Å². The average molecular weight is 357 g/mol. The van der Waals surface area contributed by atoms with Crippen molar-refractivity contribution in [3.8, 4) is 11.5 Å². The maximum atomic E-state index is 12.8. The molecule has 1 aromatic heterocycles. The summed E-state index contributed by atoms with van der Waals surface area (Å²) in [5.41, 5.74) is 1.89. The summed E-state index contributed by atoms with van der Waals surface area (Å²) in [6.07, 6.45) is 0.282. The second-order valence-electron chi connectivity index (χ2n) is 5.38. The third kappa shape index (κ3) is 4.90. The molecule has 2 aromatic carbocycles. The van der Waals surface area contributed by atoms with Crippen LogP contribution >= 0.6 is 11.8 Å². The van der Waals surface area contributed by atoms with E-state index < -0.39 is 0 Å². The Kier molecular flexibility index (Phi) is 5.45. The van der Waals surface area contributed by atoms with Crippen molar-refractivity contribution < 1.29 is 13.6 Å². The van der Waals surface area contributed by atoms with Gasteiger partial charge in [0.15, 0.2) is 0 Å². The summed E-state index contributed by atoms with van der Waals surface area (Å²) >= 11 is 1.48. The molecule has 25 heavy (non-hydrogen) atoms. The number of aromatic nitrogens is 2. The molecule has 0 fully saturated rings. The zero-order chi connectivity index (χ0) is 17.6. The van der Waals surface area contributed by atoms with Gasteiger partial charge in [-0.05, 0) is 43.3 Å². The average Bonchev–Trinajstić information content (AvgIpc) is 3.05. The summed E-state index contributed by atoms with van der Waals surface area (Å²) in [7, 11) is 0. The SMILES string of the molecule is Cc1cccc(-c2nnc(NC(=O)CCSc3ccc(F)cc3)o2)c1. The molecule has 0 saturated heterocycles. The molecule has 1 N–H and O–H groups in total. The van der Waals surface area contributed by atoms with E-state index in [0.29, 0.717) is 11.6 Å². The van der Waals surface area contributed by atoms with Crippen molar-refractivity contribution in [3.63, 3.8) is 0 Å². The van der Waals surface area contributed by atoms with Gasteiger partial charge >= 0.3 is 6.01 Å². The van der Waals surface area contributed by atoms with E-state index in [1.54, 1.807) is 12.1 Å². The topological polar surface area (TPSA) is 68.0 Å². The van der Waals surface area contributed by atoms with Crippen LogP contribution in [-0.4, -0.2) is 21.9 Å². The summed E-state index contributed by atoms with van der Waals surface area (Å²) in [5, 5.41) is 10.4. The molecule has 1 heterocycles. The molecule has 0 atom stereocenters. The van der Waals surface area contributed by atoms with Gasteiger partial charge in [0.25, 0.3) is 0 Å². The Morgan fingerprint density at radius 1 is 1.20 bits per heavy atom. The smallest absolute Gasteiger partial charge is 0.322 e. The normalized spacial score (nSPS) is 10.6. The standard InChI is InChI=1S/C18H16FN3O2S/c1-12-3-2-4-13(11-12)17-21-22-18(24-17)20-16(23)9-10-25-15-7-5-14(19)6-8-15/h2-8,11H,9-10H2,1H3,(H,20,22,23). The largest absolute Gasteiger partial charge is 0.403 e. The second-order valence-corrected chi connectivity index (χ2v) is 6.55. The lowest BCUT2D eigenvalue weighted by Gasteiger charge is -2.02. The van der Waals surface area contributed by atoms with Crippen molar-refractivity contribution in [2.75, 3.05) is 11.1 Å². The number of carbonyl (C=O) groups excluding carboxylic acids is 1. The van der Waals surface area contributed by atoms with Crippen LogP contribution in [0.4, 0.5) is 10.4 Å². The van der Waals surface area contributed by atoms with Crippen LogP contribution < -0.4 is 5.32 Å². The lowest BCUT2D eigenvalue weighted by atomic mass is 10.1. The van der Waals surface area contributed by atoms with E-state index in [1.165, 1.54) is 23.9 Å². The Bertz CT molecular complexity index is 865. The molecular weight excluding hydrogens is 341 g/mol. The van der Waals surface area contributed by atoms with Gasteiger partial charge in [-0.3, -0.25) is 10.1 Å². The number of aryl methyl sites for hydroxylation is 1. The van der Waals surface area contributed by atoms with Crippen molar-refractivity contribution >= 4 is 23.7 Å². The van der Waals surface area contributed by atoms with Gasteiger partial charge in [0.1, 0.15) is 5.82 Å². The summed E-state index contributed by atoms with van der Waals surface area (Å²) in [6.45, 7) is 1.97. The molecule has 0 saturated carbocycles. The van der Waals surface area contributed by atoms with Gasteiger partial charge in [0, 0.05) is 22.6 Å². The maximum absolute atomic E-state index is 12.8. The van der Waals surface area contributed by atoms with Crippen molar-refractivity contribution in [1.82, 2.24) is 10.2 Å². The molecule has 0 bridgehead atoms. The molecule has 0 unspecified atom stereocenters. The van der Waals surface area contributed by atoms with E-state index in [4.69, 9.17) is 4.42 Å². The first kappa shape index (κ1) is 17.2. The fraction of sp³-hybridized carbons (Fsp3) is 0.167. The summed E-state index contributed by atoms with van der Waals surface area (Å²) in [4.78, 5) is 12.9. The molecule has 1 amide bonds. The van der Waals surface area contributed by atoms with Gasteiger partial charge in [0.2, 0.25) is 11.8 Å². The van der Waals surface area contributed by atoms with Gasteiger partial charge in [-0.2, -0.15) is 0 Å². The van der Waals surface area contributed by atoms with Gasteiger partial charge in [-0.1, -0.05) is 22.8 Å². The fourth-order valence-electron chi connectivity index (χ4n) is 2.14. The highest BCUT2D eigenvalue weighted by atomic mass is 32.2. The number of hydrogen-bond acceptors (Lipinski definition) is 5. The number of nitrogens with zero attached hydrogens (tertiary/aromatic N) is 2. The number of thioether (sulfide) groups is 1. The summed E-state index contributed by atoms with van der Waals surface area (Å²) in [6, 6.07) is 13.9. The van der Waals surface area contributed by atoms with Crippen LogP contribution in [0.5, 0.6) is 0 Å². The van der Waals surface area contributed by atoms with E-state index in [2.05, 4.69) is 15.5 Å². The Hall–Kier alpha value is -2.67. The fourth-order valence-corrected chi connectivity index (χ4v) is 2.99. The molecule has 128 valence electrons. The van der Waals surface area contributed by atoms with Gasteiger partial charge in [-0.15, -0.1) is 16.9 Å². The van der Waals surface area contributed by atoms with Gasteiger partial charge in [-0.25, -0.2) is 4.39 Å². The lowest BCUT2D eigenvalue weighted by molar-refractivity contribution is -0.115. The first-order chi connectivity index (χ1) is 12.1. The van der Waals surface area contributed by atoms with Crippen LogP contribution in [-0.2, 0) is 4.79 Å². The van der Waals surface area contributed by atoms with Crippen molar-refractivity contribution in [2.45, 2.75) is 18.2 Å². The lowest BCUT2D eigenvalue weighted by Crippen LogP contribution is -2.12. The number of anilines is 1. The molecule has 0 aliphatic carbocycles. The molecule has 7 heteroatoms. The van der Waals surface area contributed by atoms with Crippen LogP contribution in [0.3, 0.4) is 0 Å². The highest BCUT2D eigenvalue weighted by Crippen LogP contribution is 2.21. The van der Waals surface area contributed by atoms with E-state index in [9.17, 15) is 9.18 Å². The number of carbonyl (C=O) groups is 1. The van der Waals surface area contributed by atoms with Crippen LogP contribution in [0, 0.1) is 12.7 Å². The molecule has 0 aliphatic rings. The maximum Gasteiger partial charge on any atom is 0.322 e. The highest BCUT2D eigenvalue weighted by molar-refractivity contribution is 7.99. The molecule has 0 radical (unpaired) electrons. The van der Waals surface area contributed by atoms with Crippen molar-refractivity contribution in [1.29, 1.82) is 0 Å². The third-order valence-electron chi connectivity index (χ3n) is 3.35. The minimum absolute atomic E-state index is 0.0771. The quantitative estimate of drug-likeness (QED) is 0.666. The molecule has 0 spiro atoms. The van der Waals surface area contributed by atoms with Crippen molar-refractivity contribution in [2.24, 2.45) is 0 Å². The Morgan fingerprint density at radius 3 is 2.76 bits per heavy atom. The van der Waals surface area contributed by atoms with Gasteiger partial charge in [0.05, 0.1) is 0 Å². The second kappa shape index (κ2) is 7.94. The van der Waals surface area contributed by atoms with E-state index in [0.717, 1.165) is 16.0 Å². The minimum Gasteiger partial charge on any atom is -0.403 e. The highest BCUT2D eigenvalue weighted by Gasteiger charge is 2.11. The predicted octanol–water partition coefficient (Wildman–Crippen LogP) is 4.31. The third-order valence-corrected chi connectivity index (χ3v) is 4.36. The molecule has 5 nitrogen and oxygen atoms in total. The van der Waals surface area contributed by atoms with E-state index in [-0.39, 0.29) is 24.2 Å². The van der Waals surface area contributed by atoms with E-state index in [1.807, 2.05) is 31.2 Å². The molecule has 3 rings (SSSR count). The Morgan fingerprint density at radius 2 is 2.00 bits per heavy atom. The summed E-state index contributed by atoms with van der Waals surface area (Å²) < 4.78 is 18.3. The van der Waals surface area contributed by atoms with Crippen LogP contribution in [0.1, 0.15) is 12.0 Å². The molecule has 0 aliphatic heterocycles. The van der Waals surface area contributed by atoms with Gasteiger partial charge < -0.3 is 4.42 Å². The monoisotopic (exact) mass is 357 g/mol.